The smallest absolute Gasteiger partial charge is 0.277 e. The van der Waals surface area contributed by atoms with E-state index in [-0.39, 0.29) is 12.5 Å². The zero-order valence-corrected chi connectivity index (χ0v) is 13.5. The fourth-order valence-electron chi connectivity index (χ4n) is 2.04. The number of ether oxygens (including phenoxy) is 1. The molecule has 2 rings (SSSR count). The summed E-state index contributed by atoms with van der Waals surface area (Å²) in [6, 6.07) is 18.9. The van der Waals surface area contributed by atoms with E-state index in [0.717, 1.165) is 18.6 Å². The maximum atomic E-state index is 11.8. The average molecular weight is 321 g/mol. The molecule has 122 valence electrons. The van der Waals surface area contributed by atoms with Crippen molar-refractivity contribution in [1.29, 1.82) is 5.26 Å². The SMILES string of the molecule is C/C(CCc1ccccc1)=N/NC(=O)COc1ccccc1C#N. The molecule has 0 spiro atoms. The molecule has 1 amide bonds. The molecular weight excluding hydrogens is 302 g/mol. The highest BCUT2D eigenvalue weighted by Gasteiger charge is 2.05. The van der Waals surface area contributed by atoms with Crippen LogP contribution in [0, 0.1) is 11.3 Å². The third kappa shape index (κ3) is 5.58. The number of hydrogen-bond donors (Lipinski definition) is 1. The van der Waals surface area contributed by atoms with Crippen LogP contribution in [0.15, 0.2) is 59.7 Å². The Morgan fingerprint density at radius 2 is 1.88 bits per heavy atom. The minimum atomic E-state index is -0.359. The van der Waals surface area contributed by atoms with E-state index in [1.807, 2.05) is 31.2 Å². The third-order valence-electron chi connectivity index (χ3n) is 3.36. The van der Waals surface area contributed by atoms with Gasteiger partial charge in [-0.15, -0.1) is 0 Å². The Morgan fingerprint density at radius 1 is 1.17 bits per heavy atom. The number of benzene rings is 2. The van der Waals surface area contributed by atoms with Gasteiger partial charge in [-0.1, -0.05) is 42.5 Å². The second-order valence-electron chi connectivity index (χ2n) is 5.26. The van der Waals surface area contributed by atoms with Gasteiger partial charge in [-0.2, -0.15) is 10.4 Å². The average Bonchev–Trinajstić information content (AvgIpc) is 2.64. The van der Waals surface area contributed by atoms with Gasteiger partial charge in [-0.05, 0) is 37.5 Å². The first-order chi connectivity index (χ1) is 11.7. The van der Waals surface area contributed by atoms with Gasteiger partial charge in [-0.3, -0.25) is 4.79 Å². The second kappa shape index (κ2) is 9.11. The summed E-state index contributed by atoms with van der Waals surface area (Å²) in [5, 5.41) is 13.0. The maximum absolute atomic E-state index is 11.8. The lowest BCUT2D eigenvalue weighted by Gasteiger charge is -2.07. The number of rotatable bonds is 7. The molecule has 1 N–H and O–H groups in total. The van der Waals surface area contributed by atoms with E-state index in [4.69, 9.17) is 10.00 Å². The van der Waals surface area contributed by atoms with Crippen LogP contribution in [0.4, 0.5) is 0 Å². The molecule has 5 heteroatoms. The standard InChI is InChI=1S/C19H19N3O2/c1-15(11-12-16-7-3-2-4-8-16)21-22-19(23)14-24-18-10-6-5-9-17(18)13-20/h2-10H,11-12,14H2,1H3,(H,22,23)/b21-15-. The fourth-order valence-corrected chi connectivity index (χ4v) is 2.04. The first kappa shape index (κ1) is 17.2. The topological polar surface area (TPSA) is 74.5 Å². The number of carbonyl (C=O) groups excluding carboxylic acids is 1. The van der Waals surface area contributed by atoms with Crippen LogP contribution in [-0.2, 0) is 11.2 Å². The van der Waals surface area contributed by atoms with Crippen molar-refractivity contribution in [2.75, 3.05) is 6.61 Å². The molecule has 0 saturated heterocycles. The summed E-state index contributed by atoms with van der Waals surface area (Å²) in [5.74, 6) is 0.0294. The number of hydrogen-bond acceptors (Lipinski definition) is 4. The van der Waals surface area contributed by atoms with E-state index >= 15 is 0 Å². The lowest BCUT2D eigenvalue weighted by Crippen LogP contribution is -2.25. The molecule has 0 aliphatic rings. The Morgan fingerprint density at radius 3 is 2.62 bits per heavy atom. The molecule has 5 nitrogen and oxygen atoms in total. The van der Waals surface area contributed by atoms with Gasteiger partial charge in [0, 0.05) is 5.71 Å². The van der Waals surface area contributed by atoms with Crippen LogP contribution in [-0.4, -0.2) is 18.2 Å². The number of carbonyl (C=O) groups is 1. The molecular formula is C19H19N3O2. The zero-order valence-electron chi connectivity index (χ0n) is 13.5. The molecule has 0 aromatic heterocycles. The van der Waals surface area contributed by atoms with Crippen molar-refractivity contribution in [3.8, 4) is 11.8 Å². The van der Waals surface area contributed by atoms with E-state index in [2.05, 4.69) is 22.7 Å². The number of nitriles is 1. The molecule has 0 heterocycles. The normalized spacial score (nSPS) is 10.8. The molecule has 0 atom stereocenters. The van der Waals surface area contributed by atoms with Crippen LogP contribution < -0.4 is 10.2 Å². The van der Waals surface area contributed by atoms with Gasteiger partial charge in [-0.25, -0.2) is 5.43 Å². The molecule has 0 bridgehead atoms. The van der Waals surface area contributed by atoms with E-state index in [1.165, 1.54) is 5.56 Å². The van der Waals surface area contributed by atoms with Crippen LogP contribution in [0.2, 0.25) is 0 Å². The first-order valence-electron chi connectivity index (χ1n) is 7.67. The summed E-state index contributed by atoms with van der Waals surface area (Å²) < 4.78 is 5.35. The Labute approximate surface area is 141 Å². The minimum Gasteiger partial charge on any atom is -0.482 e. The lowest BCUT2D eigenvalue weighted by molar-refractivity contribution is -0.123. The van der Waals surface area contributed by atoms with Crippen molar-refractivity contribution >= 4 is 11.6 Å². The van der Waals surface area contributed by atoms with Crippen molar-refractivity contribution in [3.05, 3.63) is 65.7 Å². The maximum Gasteiger partial charge on any atom is 0.277 e. The summed E-state index contributed by atoms with van der Waals surface area (Å²) in [5.41, 5.74) is 4.93. The molecule has 0 aliphatic heterocycles. The number of amides is 1. The number of hydrazone groups is 1. The fraction of sp³-hybridized carbons (Fsp3) is 0.211. The van der Waals surface area contributed by atoms with Crippen LogP contribution >= 0.6 is 0 Å². The molecule has 0 saturated carbocycles. The Kier molecular flexibility index (Phi) is 6.54. The van der Waals surface area contributed by atoms with Crippen molar-refractivity contribution in [2.24, 2.45) is 5.10 Å². The molecule has 2 aromatic carbocycles. The van der Waals surface area contributed by atoms with Crippen LogP contribution in [0.1, 0.15) is 24.5 Å². The van der Waals surface area contributed by atoms with Gasteiger partial charge in [0.15, 0.2) is 6.61 Å². The van der Waals surface area contributed by atoms with Gasteiger partial charge in [0.25, 0.3) is 5.91 Å². The van der Waals surface area contributed by atoms with E-state index in [1.54, 1.807) is 24.3 Å². The van der Waals surface area contributed by atoms with E-state index in [9.17, 15) is 4.79 Å². The molecule has 0 fully saturated rings. The van der Waals surface area contributed by atoms with Crippen molar-refractivity contribution in [3.63, 3.8) is 0 Å². The van der Waals surface area contributed by atoms with Crippen LogP contribution in [0.25, 0.3) is 0 Å². The summed E-state index contributed by atoms with van der Waals surface area (Å²) in [6.07, 6.45) is 1.64. The number of nitrogens with one attached hydrogen (secondary N) is 1. The summed E-state index contributed by atoms with van der Waals surface area (Å²) in [4.78, 5) is 11.8. The van der Waals surface area contributed by atoms with E-state index in [0.29, 0.717) is 11.3 Å². The predicted molar refractivity (Wildman–Crippen MR) is 92.7 cm³/mol. The molecule has 24 heavy (non-hydrogen) atoms. The Hall–Kier alpha value is -3.13. The summed E-state index contributed by atoms with van der Waals surface area (Å²) in [6.45, 7) is 1.68. The number of aryl methyl sites for hydroxylation is 1. The third-order valence-corrected chi connectivity index (χ3v) is 3.36. The van der Waals surface area contributed by atoms with Crippen molar-refractivity contribution in [1.82, 2.24) is 5.43 Å². The molecule has 0 aliphatic carbocycles. The van der Waals surface area contributed by atoms with Gasteiger partial charge < -0.3 is 4.74 Å². The largest absolute Gasteiger partial charge is 0.482 e. The number of nitrogens with zero attached hydrogens (tertiary/aromatic N) is 2. The highest BCUT2D eigenvalue weighted by atomic mass is 16.5. The predicted octanol–water partition coefficient (Wildman–Crippen LogP) is 3.06. The monoisotopic (exact) mass is 321 g/mol. The summed E-state index contributed by atoms with van der Waals surface area (Å²) >= 11 is 0. The molecule has 0 unspecified atom stereocenters. The lowest BCUT2D eigenvalue weighted by atomic mass is 10.1. The van der Waals surface area contributed by atoms with Crippen molar-refractivity contribution in [2.45, 2.75) is 19.8 Å². The zero-order chi connectivity index (χ0) is 17.2. The highest BCUT2D eigenvalue weighted by Crippen LogP contribution is 2.16. The number of para-hydroxylation sites is 1. The molecule has 0 radical (unpaired) electrons. The van der Waals surface area contributed by atoms with Gasteiger partial charge >= 0.3 is 0 Å². The van der Waals surface area contributed by atoms with Gasteiger partial charge in [0.05, 0.1) is 5.56 Å². The van der Waals surface area contributed by atoms with Gasteiger partial charge in [0.2, 0.25) is 0 Å². The van der Waals surface area contributed by atoms with Crippen molar-refractivity contribution < 1.29 is 9.53 Å². The van der Waals surface area contributed by atoms with Crippen LogP contribution in [0.3, 0.4) is 0 Å². The highest BCUT2D eigenvalue weighted by molar-refractivity contribution is 5.85. The molecule has 2 aromatic rings. The Balaban J connectivity index is 1.76. The first-order valence-corrected chi connectivity index (χ1v) is 7.67. The summed E-state index contributed by atoms with van der Waals surface area (Å²) in [7, 11) is 0. The minimum absolute atomic E-state index is 0.186. The second-order valence-corrected chi connectivity index (χ2v) is 5.26. The Bertz CT molecular complexity index is 749. The quantitative estimate of drug-likeness (QED) is 0.629. The van der Waals surface area contributed by atoms with Crippen LogP contribution in [0.5, 0.6) is 5.75 Å². The van der Waals surface area contributed by atoms with E-state index < -0.39 is 0 Å². The van der Waals surface area contributed by atoms with Gasteiger partial charge in [0.1, 0.15) is 11.8 Å².